The molecule has 0 N–H and O–H groups in total. The minimum atomic E-state index is -0.870. The van der Waals surface area contributed by atoms with Crippen LogP contribution in [0.25, 0.3) is 0 Å². The van der Waals surface area contributed by atoms with Crippen LogP contribution in [0.3, 0.4) is 0 Å². The molecule has 98 valence electrons. The summed E-state index contributed by atoms with van der Waals surface area (Å²) in [6, 6.07) is 1.52. The van der Waals surface area contributed by atoms with Crippen LogP contribution in [-0.4, -0.2) is 47.3 Å². The predicted octanol–water partition coefficient (Wildman–Crippen LogP) is 1.63. The lowest BCUT2D eigenvalue weighted by Crippen LogP contribution is -2.63. The van der Waals surface area contributed by atoms with Crippen molar-refractivity contribution in [1.82, 2.24) is 9.80 Å². The molecule has 1 aromatic heterocycles. The van der Waals surface area contributed by atoms with Gasteiger partial charge in [-0.05, 0) is 31.5 Å². The molecule has 0 radical (unpaired) electrons. The lowest BCUT2D eigenvalue weighted by atomic mass is 9.97. The zero-order valence-corrected chi connectivity index (χ0v) is 11.3. The lowest BCUT2D eigenvalue weighted by Gasteiger charge is -2.44. The van der Waals surface area contributed by atoms with Crippen LogP contribution >= 0.6 is 11.6 Å². The number of nitrogens with zero attached hydrogens (tertiary/aromatic N) is 2. The average Bonchev–Trinajstić information content (AvgIpc) is 2.72. The topological polar surface area (TPSA) is 53.8 Å². The summed E-state index contributed by atoms with van der Waals surface area (Å²) in [6.07, 6.45) is 1.36. The fraction of sp³-hybridized carbons (Fsp3) is 0.500. The van der Waals surface area contributed by atoms with Gasteiger partial charge in [0.05, 0.1) is 11.8 Å². The van der Waals surface area contributed by atoms with Crippen molar-refractivity contribution in [2.24, 2.45) is 0 Å². The van der Waals surface area contributed by atoms with Crippen molar-refractivity contribution in [3.8, 4) is 0 Å². The summed E-state index contributed by atoms with van der Waals surface area (Å²) in [5, 5.41) is 0.0576. The van der Waals surface area contributed by atoms with Crippen LogP contribution < -0.4 is 0 Å². The van der Waals surface area contributed by atoms with E-state index in [2.05, 4.69) is 0 Å². The Labute approximate surface area is 110 Å². The van der Waals surface area contributed by atoms with Crippen LogP contribution in [0.15, 0.2) is 16.7 Å². The first-order valence-electron chi connectivity index (χ1n) is 5.66. The van der Waals surface area contributed by atoms with Gasteiger partial charge in [0.1, 0.15) is 5.54 Å². The van der Waals surface area contributed by atoms with E-state index in [1.165, 1.54) is 17.2 Å². The molecule has 1 aromatic rings. The fourth-order valence-corrected chi connectivity index (χ4v) is 2.36. The Bertz CT molecular complexity index is 495. The van der Waals surface area contributed by atoms with E-state index >= 15 is 0 Å². The second-order valence-corrected chi connectivity index (χ2v) is 5.19. The summed E-state index contributed by atoms with van der Waals surface area (Å²) < 4.78 is 4.92. The van der Waals surface area contributed by atoms with Gasteiger partial charge in [-0.15, -0.1) is 0 Å². The fourth-order valence-electron chi connectivity index (χ4n) is 2.16. The Kier molecular flexibility index (Phi) is 3.11. The number of piperazine rings is 1. The molecule has 0 spiro atoms. The summed E-state index contributed by atoms with van der Waals surface area (Å²) in [7, 11) is 1.73. The summed E-state index contributed by atoms with van der Waals surface area (Å²) in [6.45, 7) is 4.47. The third-order valence-corrected chi connectivity index (χ3v) is 3.59. The Morgan fingerprint density at radius 3 is 2.67 bits per heavy atom. The van der Waals surface area contributed by atoms with Crippen LogP contribution in [0.4, 0.5) is 0 Å². The molecule has 2 rings (SSSR count). The summed E-state index contributed by atoms with van der Waals surface area (Å²) >= 11 is 5.80. The van der Waals surface area contributed by atoms with Crippen molar-refractivity contribution in [2.75, 3.05) is 20.1 Å². The second kappa shape index (κ2) is 4.31. The van der Waals surface area contributed by atoms with E-state index in [0.29, 0.717) is 18.7 Å². The third kappa shape index (κ3) is 1.88. The van der Waals surface area contributed by atoms with E-state index in [1.54, 1.807) is 25.8 Å². The highest BCUT2D eigenvalue weighted by molar-refractivity contribution is 6.32. The molecule has 0 aliphatic carbocycles. The number of furan rings is 1. The number of carbonyl (C=O) groups is 2. The molecule has 0 saturated carbocycles. The van der Waals surface area contributed by atoms with Crippen LogP contribution in [-0.2, 0) is 4.79 Å². The number of carbonyl (C=O) groups excluding carboxylic acids is 2. The number of amides is 2. The van der Waals surface area contributed by atoms with Gasteiger partial charge in [0, 0.05) is 20.1 Å². The van der Waals surface area contributed by atoms with Crippen molar-refractivity contribution >= 4 is 23.4 Å². The van der Waals surface area contributed by atoms with Gasteiger partial charge in [0.25, 0.3) is 5.91 Å². The van der Waals surface area contributed by atoms with E-state index in [-0.39, 0.29) is 17.0 Å². The normalized spacial score (nSPS) is 19.2. The van der Waals surface area contributed by atoms with Crippen molar-refractivity contribution in [3.63, 3.8) is 0 Å². The largest absolute Gasteiger partial charge is 0.452 e. The van der Waals surface area contributed by atoms with E-state index < -0.39 is 5.54 Å². The lowest BCUT2D eigenvalue weighted by molar-refractivity contribution is -0.144. The Balaban J connectivity index is 2.31. The third-order valence-electron chi connectivity index (χ3n) is 3.30. The summed E-state index contributed by atoms with van der Waals surface area (Å²) in [5.41, 5.74) is -0.577. The standard InChI is InChI=1S/C12H15ClN2O3/c1-12(2)11(17)14(3)5-6-15(12)10(16)8-4-7-18-9(8)13/h4,7H,5-6H2,1-3H3. The van der Waals surface area contributed by atoms with Gasteiger partial charge in [-0.2, -0.15) is 0 Å². The minimum Gasteiger partial charge on any atom is -0.452 e. The van der Waals surface area contributed by atoms with Gasteiger partial charge < -0.3 is 14.2 Å². The van der Waals surface area contributed by atoms with E-state index in [1.807, 2.05) is 0 Å². The first-order valence-corrected chi connectivity index (χ1v) is 6.04. The maximum atomic E-state index is 12.4. The molecule has 2 amide bonds. The van der Waals surface area contributed by atoms with E-state index in [4.69, 9.17) is 16.0 Å². The Morgan fingerprint density at radius 1 is 1.44 bits per heavy atom. The maximum absolute atomic E-state index is 12.4. The number of hydrogen-bond acceptors (Lipinski definition) is 3. The van der Waals surface area contributed by atoms with Gasteiger partial charge in [-0.3, -0.25) is 9.59 Å². The molecule has 1 saturated heterocycles. The molecular weight excluding hydrogens is 256 g/mol. The van der Waals surface area contributed by atoms with Crippen molar-refractivity contribution in [3.05, 3.63) is 23.1 Å². The highest BCUT2D eigenvalue weighted by Gasteiger charge is 2.43. The highest BCUT2D eigenvalue weighted by atomic mass is 35.5. The first-order chi connectivity index (χ1) is 8.35. The van der Waals surface area contributed by atoms with Crippen molar-refractivity contribution < 1.29 is 14.0 Å². The van der Waals surface area contributed by atoms with Gasteiger partial charge in [0.15, 0.2) is 0 Å². The molecule has 5 nitrogen and oxygen atoms in total. The quantitative estimate of drug-likeness (QED) is 0.779. The molecule has 0 bridgehead atoms. The molecule has 0 unspecified atom stereocenters. The number of halogens is 1. The van der Waals surface area contributed by atoms with Crippen molar-refractivity contribution in [1.29, 1.82) is 0 Å². The molecule has 1 aliphatic rings. The predicted molar refractivity (Wildman–Crippen MR) is 66.5 cm³/mol. The minimum absolute atomic E-state index is 0.0576. The molecule has 2 heterocycles. The number of rotatable bonds is 1. The average molecular weight is 271 g/mol. The summed E-state index contributed by atoms with van der Waals surface area (Å²) in [5.74, 6) is -0.359. The molecule has 1 aliphatic heterocycles. The van der Waals surface area contributed by atoms with Gasteiger partial charge in [0.2, 0.25) is 11.1 Å². The van der Waals surface area contributed by atoms with Gasteiger partial charge >= 0.3 is 0 Å². The monoisotopic (exact) mass is 270 g/mol. The number of hydrogen-bond donors (Lipinski definition) is 0. The van der Waals surface area contributed by atoms with Crippen LogP contribution in [0, 0.1) is 0 Å². The zero-order chi connectivity index (χ0) is 13.5. The Hall–Kier alpha value is -1.49. The van der Waals surface area contributed by atoms with E-state index in [9.17, 15) is 9.59 Å². The molecule has 0 aromatic carbocycles. The highest BCUT2D eigenvalue weighted by Crippen LogP contribution is 2.26. The number of likely N-dealkylation sites (N-methyl/N-ethyl adjacent to an activating group) is 1. The van der Waals surface area contributed by atoms with Gasteiger partial charge in [-0.1, -0.05) is 0 Å². The maximum Gasteiger partial charge on any atom is 0.259 e. The molecule has 0 atom stereocenters. The van der Waals surface area contributed by atoms with E-state index in [0.717, 1.165) is 0 Å². The zero-order valence-electron chi connectivity index (χ0n) is 10.6. The van der Waals surface area contributed by atoms with Crippen LogP contribution in [0.5, 0.6) is 0 Å². The SMILES string of the molecule is CN1CCN(C(=O)c2ccoc2Cl)C(C)(C)C1=O. The van der Waals surface area contributed by atoms with Crippen molar-refractivity contribution in [2.45, 2.75) is 19.4 Å². The van der Waals surface area contributed by atoms with Crippen LogP contribution in [0.2, 0.25) is 5.22 Å². The smallest absolute Gasteiger partial charge is 0.259 e. The molecule has 18 heavy (non-hydrogen) atoms. The first kappa shape index (κ1) is 13.0. The summed E-state index contributed by atoms with van der Waals surface area (Å²) in [4.78, 5) is 27.6. The molecule has 1 fully saturated rings. The second-order valence-electron chi connectivity index (χ2n) is 4.85. The molecular formula is C12H15ClN2O3. The Morgan fingerprint density at radius 2 is 2.11 bits per heavy atom. The van der Waals surface area contributed by atoms with Gasteiger partial charge in [-0.25, -0.2) is 0 Å². The molecule has 6 heteroatoms. The van der Waals surface area contributed by atoms with Crippen LogP contribution in [0.1, 0.15) is 24.2 Å².